The summed E-state index contributed by atoms with van der Waals surface area (Å²) in [4.78, 5) is 51.4. The summed E-state index contributed by atoms with van der Waals surface area (Å²) in [6, 6.07) is 48.9. The Bertz CT molecular complexity index is 2070. The molecule has 8 rings (SSSR count). The Kier molecular flexibility index (Phi) is 6.81. The van der Waals surface area contributed by atoms with E-state index in [4.69, 9.17) is 9.47 Å². The summed E-state index contributed by atoms with van der Waals surface area (Å²) in [7, 11) is 0. The van der Waals surface area contributed by atoms with Crippen molar-refractivity contribution in [3.05, 3.63) is 196 Å². The third-order valence-corrected chi connectivity index (χ3v) is 8.95. The van der Waals surface area contributed by atoms with Gasteiger partial charge in [0.2, 0.25) is 0 Å². The van der Waals surface area contributed by atoms with E-state index in [1.165, 1.54) is 0 Å². The molecule has 0 saturated carbocycles. The smallest absolute Gasteiger partial charge is 0.346 e. The molecule has 7 heteroatoms. The van der Waals surface area contributed by atoms with E-state index < -0.39 is 29.3 Å². The molecule has 0 aromatic heterocycles. The first-order valence-corrected chi connectivity index (χ1v) is 15.3. The number of benzene rings is 6. The van der Waals surface area contributed by atoms with Gasteiger partial charge >= 0.3 is 23.9 Å². The average Bonchev–Trinajstić information content (AvgIpc) is 3.58. The van der Waals surface area contributed by atoms with Gasteiger partial charge in [0.25, 0.3) is 0 Å². The molecule has 6 aromatic carbocycles. The molecular weight excluding hydrogens is 602 g/mol. The lowest BCUT2D eigenvalue weighted by molar-refractivity contribution is 0.0425. The van der Waals surface area contributed by atoms with Crippen molar-refractivity contribution in [3.63, 3.8) is 0 Å². The van der Waals surface area contributed by atoms with Gasteiger partial charge in [-0.25, -0.2) is 19.2 Å². The van der Waals surface area contributed by atoms with Crippen LogP contribution < -0.4 is 4.90 Å². The molecule has 230 valence electrons. The molecule has 7 nitrogen and oxygen atoms in total. The molecule has 0 unspecified atom stereocenters. The zero-order valence-electron chi connectivity index (χ0n) is 25.3. The predicted molar refractivity (Wildman–Crippen MR) is 179 cm³/mol. The van der Waals surface area contributed by atoms with Crippen LogP contribution in [0.25, 0.3) is 0 Å². The number of carbonyl (C=O) groups is 4. The van der Waals surface area contributed by atoms with E-state index in [0.717, 1.165) is 22.3 Å². The number of hydrogen-bond acceptors (Lipinski definition) is 7. The minimum atomic E-state index is -0.728. The highest BCUT2D eigenvalue weighted by atomic mass is 16.6. The molecule has 0 radical (unpaired) electrons. The molecule has 0 saturated heterocycles. The van der Waals surface area contributed by atoms with Crippen LogP contribution in [0.15, 0.2) is 152 Å². The van der Waals surface area contributed by atoms with Crippen molar-refractivity contribution < 1.29 is 28.7 Å². The Morgan fingerprint density at radius 3 is 1.08 bits per heavy atom. The van der Waals surface area contributed by atoms with Gasteiger partial charge in [0, 0.05) is 17.1 Å². The van der Waals surface area contributed by atoms with E-state index in [0.29, 0.717) is 17.1 Å². The van der Waals surface area contributed by atoms with Crippen LogP contribution >= 0.6 is 0 Å². The van der Waals surface area contributed by atoms with E-state index in [2.05, 4.69) is 48.5 Å². The third kappa shape index (κ3) is 4.52. The number of carbonyl (C=O) groups excluding carboxylic acids is 4. The summed E-state index contributed by atoms with van der Waals surface area (Å²) < 4.78 is 9.70. The third-order valence-electron chi connectivity index (χ3n) is 8.95. The second kappa shape index (κ2) is 11.3. The van der Waals surface area contributed by atoms with Crippen LogP contribution in [0.3, 0.4) is 0 Å². The molecule has 6 aromatic rings. The van der Waals surface area contributed by atoms with Crippen molar-refractivity contribution in [1.82, 2.24) is 0 Å². The molecule has 0 bridgehead atoms. The quantitative estimate of drug-likeness (QED) is 0.100. The van der Waals surface area contributed by atoms with Crippen molar-refractivity contribution in [2.45, 2.75) is 5.41 Å². The van der Waals surface area contributed by atoms with Crippen LogP contribution in [0.5, 0.6) is 0 Å². The van der Waals surface area contributed by atoms with E-state index in [1.54, 1.807) is 36.4 Å². The van der Waals surface area contributed by atoms with Crippen molar-refractivity contribution in [2.75, 3.05) is 4.90 Å². The second-order valence-electron chi connectivity index (χ2n) is 11.5. The van der Waals surface area contributed by atoms with Crippen LogP contribution in [0.1, 0.15) is 63.7 Å². The first-order valence-electron chi connectivity index (χ1n) is 15.3. The fourth-order valence-corrected chi connectivity index (χ4v) is 6.80. The molecule has 48 heavy (non-hydrogen) atoms. The summed E-state index contributed by atoms with van der Waals surface area (Å²) >= 11 is 0. The molecule has 2 heterocycles. The molecule has 2 aliphatic rings. The van der Waals surface area contributed by atoms with Crippen molar-refractivity contribution in [1.29, 1.82) is 0 Å². The first kappa shape index (κ1) is 28.8. The highest BCUT2D eigenvalue weighted by Crippen LogP contribution is 2.46. The van der Waals surface area contributed by atoms with Crippen LogP contribution in [0.2, 0.25) is 0 Å². The number of cyclic esters (lactones) is 4. The molecule has 0 atom stereocenters. The van der Waals surface area contributed by atoms with E-state index >= 15 is 0 Å². The molecule has 2 aliphatic heterocycles. The minimum Gasteiger partial charge on any atom is -0.386 e. The highest BCUT2D eigenvalue weighted by molar-refractivity contribution is 6.16. The SMILES string of the molecule is O=C1OC(=O)c2cc(N(c3ccc(C(c4ccccc4)(c4ccccc4)c4ccccc4)cc3)c3ccc4c(c3)C(=O)OC4=O)ccc21. The molecule has 0 spiro atoms. The van der Waals surface area contributed by atoms with Gasteiger partial charge in [-0.1, -0.05) is 103 Å². The van der Waals surface area contributed by atoms with E-state index in [1.807, 2.05) is 71.6 Å². The van der Waals surface area contributed by atoms with Gasteiger partial charge in [-0.15, -0.1) is 0 Å². The molecule has 0 N–H and O–H groups in total. The van der Waals surface area contributed by atoms with Crippen LogP contribution in [0, 0.1) is 0 Å². The van der Waals surface area contributed by atoms with Gasteiger partial charge in [-0.05, 0) is 70.8 Å². The van der Waals surface area contributed by atoms with Gasteiger partial charge in [-0.2, -0.15) is 0 Å². The van der Waals surface area contributed by atoms with E-state index in [9.17, 15) is 19.2 Å². The summed E-state index contributed by atoms with van der Waals surface area (Å²) in [5.74, 6) is -2.85. The first-order chi connectivity index (χ1) is 23.4. The average molecular weight is 628 g/mol. The van der Waals surface area contributed by atoms with Crippen LogP contribution in [-0.2, 0) is 14.9 Å². The maximum absolute atomic E-state index is 12.6. The zero-order valence-corrected chi connectivity index (χ0v) is 25.3. The van der Waals surface area contributed by atoms with Crippen molar-refractivity contribution in [3.8, 4) is 0 Å². The zero-order chi connectivity index (χ0) is 32.8. The summed E-state index contributed by atoms with van der Waals surface area (Å²) in [6.07, 6.45) is 0. The van der Waals surface area contributed by atoms with Gasteiger partial charge in [-0.3, -0.25) is 0 Å². The van der Waals surface area contributed by atoms with Gasteiger partial charge in [0.1, 0.15) is 0 Å². The number of nitrogens with zero attached hydrogens (tertiary/aromatic N) is 1. The summed E-state index contributed by atoms with van der Waals surface area (Å²) in [5.41, 5.74) is 6.08. The number of esters is 4. The summed E-state index contributed by atoms with van der Waals surface area (Å²) in [6.45, 7) is 0. The Balaban J connectivity index is 1.33. The summed E-state index contributed by atoms with van der Waals surface area (Å²) in [5, 5.41) is 0. The Hall–Kier alpha value is -6.60. The fraction of sp³-hybridized carbons (Fsp3) is 0.0244. The van der Waals surface area contributed by atoms with Crippen LogP contribution in [-0.4, -0.2) is 23.9 Å². The normalized spacial score (nSPS) is 13.5. The topological polar surface area (TPSA) is 90.0 Å². The lowest BCUT2D eigenvalue weighted by atomic mass is 9.65. The number of rotatable bonds is 7. The highest BCUT2D eigenvalue weighted by Gasteiger charge is 2.38. The number of hydrogen-bond donors (Lipinski definition) is 0. The molecule has 0 aliphatic carbocycles. The van der Waals surface area contributed by atoms with Gasteiger partial charge in [0.15, 0.2) is 0 Å². The van der Waals surface area contributed by atoms with E-state index in [-0.39, 0.29) is 22.3 Å². The van der Waals surface area contributed by atoms with Gasteiger partial charge in [0.05, 0.1) is 27.7 Å². The monoisotopic (exact) mass is 627 g/mol. The Labute approximate surface area is 275 Å². The largest absolute Gasteiger partial charge is 0.386 e. The standard InChI is InChI=1S/C41H25NO6/c43-37-33-22-20-31(24-35(33)39(45)47-37)42(32-21-23-34-36(25-32)40(46)48-38(34)44)30-18-16-29(17-19-30)41(26-10-4-1-5-11-26,27-12-6-2-7-13-27)28-14-8-3-9-15-28/h1-25H. The lowest BCUT2D eigenvalue weighted by Crippen LogP contribution is -2.31. The molecule has 0 fully saturated rings. The fourth-order valence-electron chi connectivity index (χ4n) is 6.80. The van der Waals surface area contributed by atoms with Crippen molar-refractivity contribution in [2.24, 2.45) is 0 Å². The maximum atomic E-state index is 12.6. The number of ether oxygens (including phenoxy) is 2. The predicted octanol–water partition coefficient (Wildman–Crippen LogP) is 8.16. The maximum Gasteiger partial charge on any atom is 0.346 e. The van der Waals surface area contributed by atoms with Crippen molar-refractivity contribution >= 4 is 40.9 Å². The number of fused-ring (bicyclic) bond motifs is 2. The lowest BCUT2D eigenvalue weighted by Gasteiger charge is -2.37. The molecule has 0 amide bonds. The number of anilines is 3. The molecular formula is C41H25NO6. The minimum absolute atomic E-state index is 0.145. The second-order valence-corrected chi connectivity index (χ2v) is 11.5. The Morgan fingerprint density at radius 1 is 0.354 bits per heavy atom. The Morgan fingerprint density at radius 2 is 0.688 bits per heavy atom. The van der Waals surface area contributed by atoms with Crippen LogP contribution in [0.4, 0.5) is 17.1 Å². The van der Waals surface area contributed by atoms with Gasteiger partial charge < -0.3 is 14.4 Å².